The maximum absolute atomic E-state index is 12.8. The topological polar surface area (TPSA) is 122 Å². The third kappa shape index (κ3) is 5.66. The minimum Gasteiger partial charge on any atom is -0.385 e. The van der Waals surface area contributed by atoms with E-state index in [4.69, 9.17) is 14.7 Å². The van der Waals surface area contributed by atoms with Crippen LogP contribution in [0.3, 0.4) is 0 Å². The van der Waals surface area contributed by atoms with Crippen molar-refractivity contribution >= 4 is 5.91 Å². The molecule has 0 unspecified atom stereocenters. The number of aromatic nitrogens is 3. The number of aromatic amines is 1. The van der Waals surface area contributed by atoms with Crippen molar-refractivity contribution in [3.8, 4) is 23.0 Å². The molecule has 160 valence electrons. The van der Waals surface area contributed by atoms with Crippen LogP contribution in [-0.2, 0) is 16.1 Å². The smallest absolute Gasteiger partial charge is 0.280 e. The summed E-state index contributed by atoms with van der Waals surface area (Å²) in [5, 5.41) is 14.2. The molecule has 9 nitrogen and oxygen atoms in total. The first-order chi connectivity index (χ1) is 15.1. The second-order valence-corrected chi connectivity index (χ2v) is 6.68. The number of amides is 1. The van der Waals surface area contributed by atoms with Crippen molar-refractivity contribution in [1.29, 1.82) is 5.26 Å². The lowest BCUT2D eigenvalue weighted by molar-refractivity contribution is 0.0948. The van der Waals surface area contributed by atoms with Gasteiger partial charge in [0.1, 0.15) is 6.61 Å². The highest BCUT2D eigenvalue weighted by Gasteiger charge is 2.12. The molecule has 31 heavy (non-hydrogen) atoms. The summed E-state index contributed by atoms with van der Waals surface area (Å²) in [4.78, 5) is 29.2. The van der Waals surface area contributed by atoms with E-state index in [0.717, 1.165) is 17.5 Å². The molecule has 0 aliphatic carbocycles. The van der Waals surface area contributed by atoms with Gasteiger partial charge in [-0.15, -0.1) is 0 Å². The number of methoxy groups -OCH3 is 1. The van der Waals surface area contributed by atoms with Crippen LogP contribution in [0.1, 0.15) is 22.3 Å². The molecule has 2 N–H and O–H groups in total. The lowest BCUT2D eigenvalue weighted by atomic mass is 10.1. The highest BCUT2D eigenvalue weighted by molar-refractivity contribution is 5.93. The van der Waals surface area contributed by atoms with Crippen LogP contribution >= 0.6 is 0 Å². The summed E-state index contributed by atoms with van der Waals surface area (Å²) in [6.07, 6.45) is 3.77. The summed E-state index contributed by atoms with van der Waals surface area (Å²) in [5.41, 5.74) is 2.31. The third-order valence-electron chi connectivity index (χ3n) is 4.52. The molecule has 0 radical (unpaired) electrons. The zero-order chi connectivity index (χ0) is 22.1. The first-order valence-electron chi connectivity index (χ1n) is 9.72. The van der Waals surface area contributed by atoms with Crippen molar-refractivity contribution < 1.29 is 14.3 Å². The second-order valence-electron chi connectivity index (χ2n) is 6.68. The minimum absolute atomic E-state index is 0.0333. The number of nitrogens with one attached hydrogen (secondary N) is 2. The number of carbonyl (C=O) groups is 1. The lowest BCUT2D eigenvalue weighted by Gasteiger charge is -2.06. The number of ether oxygens (including phenoxy) is 2. The van der Waals surface area contributed by atoms with Crippen LogP contribution in [0, 0.1) is 11.3 Å². The zero-order valence-corrected chi connectivity index (χ0v) is 17.1. The number of pyridine rings is 1. The highest BCUT2D eigenvalue weighted by Crippen LogP contribution is 2.17. The van der Waals surface area contributed by atoms with E-state index in [0.29, 0.717) is 36.7 Å². The molecule has 0 spiro atoms. The third-order valence-corrected chi connectivity index (χ3v) is 4.52. The van der Waals surface area contributed by atoms with Gasteiger partial charge >= 0.3 is 0 Å². The average Bonchev–Trinajstić information content (AvgIpc) is 3.18. The Hall–Kier alpha value is -3.74. The number of benzene rings is 1. The number of hydrogen-bond donors (Lipinski definition) is 2. The Morgan fingerprint density at radius 3 is 2.74 bits per heavy atom. The fourth-order valence-corrected chi connectivity index (χ4v) is 2.92. The molecule has 3 aromatic rings. The maximum Gasteiger partial charge on any atom is 0.280 e. The summed E-state index contributed by atoms with van der Waals surface area (Å²) in [5.74, 6) is 0.155. The van der Waals surface area contributed by atoms with Gasteiger partial charge in [0, 0.05) is 32.7 Å². The number of H-pyrrole nitrogens is 1. The van der Waals surface area contributed by atoms with E-state index in [1.165, 1.54) is 10.9 Å². The molecule has 0 saturated heterocycles. The number of nitriles is 1. The van der Waals surface area contributed by atoms with E-state index >= 15 is 0 Å². The predicted molar refractivity (Wildman–Crippen MR) is 114 cm³/mol. The Kier molecular flexibility index (Phi) is 7.70. The van der Waals surface area contributed by atoms with Gasteiger partial charge in [-0.25, -0.2) is 9.67 Å². The van der Waals surface area contributed by atoms with Crippen molar-refractivity contribution in [2.75, 3.05) is 26.9 Å². The van der Waals surface area contributed by atoms with Crippen molar-refractivity contribution in [3.05, 3.63) is 70.3 Å². The lowest BCUT2D eigenvalue weighted by Crippen LogP contribution is -2.25. The summed E-state index contributed by atoms with van der Waals surface area (Å²) in [7, 11) is 1.61. The molecule has 9 heteroatoms. The number of rotatable bonds is 10. The maximum atomic E-state index is 12.8. The molecule has 2 aromatic heterocycles. The zero-order valence-electron chi connectivity index (χ0n) is 17.1. The molecule has 0 fully saturated rings. The van der Waals surface area contributed by atoms with Gasteiger partial charge in [0.15, 0.2) is 5.82 Å². The summed E-state index contributed by atoms with van der Waals surface area (Å²) in [6, 6.07) is 12.5. The summed E-state index contributed by atoms with van der Waals surface area (Å²) in [6.45, 7) is 1.46. The first-order valence-corrected chi connectivity index (χ1v) is 9.72. The molecule has 3 rings (SSSR count). The largest absolute Gasteiger partial charge is 0.385 e. The SMILES string of the molecule is COCCCNC(=O)c1ccc(-n2[nH]cc(-c3ccc(COCC#N)cc3)c2=O)nc1. The van der Waals surface area contributed by atoms with E-state index in [1.54, 1.807) is 25.4 Å². The van der Waals surface area contributed by atoms with Gasteiger partial charge in [-0.2, -0.15) is 5.26 Å². The van der Waals surface area contributed by atoms with Gasteiger partial charge in [-0.05, 0) is 29.7 Å². The molecule has 1 aromatic carbocycles. The Morgan fingerprint density at radius 1 is 1.26 bits per heavy atom. The van der Waals surface area contributed by atoms with E-state index in [-0.39, 0.29) is 18.1 Å². The minimum atomic E-state index is -0.252. The van der Waals surface area contributed by atoms with E-state index < -0.39 is 0 Å². The fraction of sp³-hybridized carbons (Fsp3) is 0.273. The van der Waals surface area contributed by atoms with Crippen LogP contribution in [-0.4, -0.2) is 47.5 Å². The number of carbonyl (C=O) groups excluding carboxylic acids is 1. The van der Waals surface area contributed by atoms with Crippen LogP contribution in [0.15, 0.2) is 53.6 Å². The predicted octanol–water partition coefficient (Wildman–Crippen LogP) is 2.03. The van der Waals surface area contributed by atoms with Crippen LogP contribution in [0.25, 0.3) is 16.9 Å². The first kappa shape index (κ1) is 22.0. The molecule has 2 heterocycles. The van der Waals surface area contributed by atoms with E-state index in [9.17, 15) is 9.59 Å². The molecule has 1 amide bonds. The standard InChI is InChI=1S/C22H23N5O4/c1-30-11-2-10-24-21(28)18-7-8-20(25-13-18)27-22(29)19(14-26-27)17-5-3-16(4-6-17)15-31-12-9-23/h3-8,13-14,26H,2,10-12,15H2,1H3,(H,24,28). The number of hydrogen-bond acceptors (Lipinski definition) is 6. The fourth-order valence-electron chi connectivity index (χ4n) is 2.92. The Labute approximate surface area is 179 Å². The Balaban J connectivity index is 1.69. The quantitative estimate of drug-likeness (QED) is 0.483. The average molecular weight is 421 g/mol. The van der Waals surface area contributed by atoms with Crippen molar-refractivity contribution in [2.45, 2.75) is 13.0 Å². The normalized spacial score (nSPS) is 10.6. The van der Waals surface area contributed by atoms with E-state index in [2.05, 4.69) is 15.4 Å². The van der Waals surface area contributed by atoms with Gasteiger partial charge in [-0.3, -0.25) is 14.7 Å². The van der Waals surface area contributed by atoms with Gasteiger partial charge in [-0.1, -0.05) is 24.3 Å². The molecule has 0 bridgehead atoms. The van der Waals surface area contributed by atoms with Gasteiger partial charge in [0.05, 0.1) is 23.8 Å². The number of nitrogens with zero attached hydrogens (tertiary/aromatic N) is 3. The molecule has 0 saturated carbocycles. The highest BCUT2D eigenvalue weighted by atomic mass is 16.5. The van der Waals surface area contributed by atoms with E-state index in [1.807, 2.05) is 30.3 Å². The van der Waals surface area contributed by atoms with Gasteiger partial charge in [0.2, 0.25) is 0 Å². The summed E-state index contributed by atoms with van der Waals surface area (Å²) < 4.78 is 11.5. The van der Waals surface area contributed by atoms with Crippen LogP contribution < -0.4 is 10.9 Å². The van der Waals surface area contributed by atoms with Crippen LogP contribution in [0.2, 0.25) is 0 Å². The Morgan fingerprint density at radius 2 is 2.06 bits per heavy atom. The van der Waals surface area contributed by atoms with Gasteiger partial charge in [0.25, 0.3) is 11.5 Å². The summed E-state index contributed by atoms with van der Waals surface area (Å²) >= 11 is 0. The Bertz CT molecular complexity index is 1090. The van der Waals surface area contributed by atoms with Crippen molar-refractivity contribution in [3.63, 3.8) is 0 Å². The van der Waals surface area contributed by atoms with Gasteiger partial charge < -0.3 is 14.8 Å². The second kappa shape index (κ2) is 10.9. The molecule has 0 atom stereocenters. The molecular weight excluding hydrogens is 398 g/mol. The molecule has 0 aliphatic rings. The van der Waals surface area contributed by atoms with Crippen molar-refractivity contribution in [1.82, 2.24) is 20.1 Å². The monoisotopic (exact) mass is 421 g/mol. The van der Waals surface area contributed by atoms with Crippen molar-refractivity contribution in [2.24, 2.45) is 0 Å². The molecular formula is C22H23N5O4. The molecule has 0 aliphatic heterocycles. The van der Waals surface area contributed by atoms with Crippen LogP contribution in [0.4, 0.5) is 0 Å². The van der Waals surface area contributed by atoms with Crippen LogP contribution in [0.5, 0.6) is 0 Å².